The van der Waals surface area contributed by atoms with Crippen molar-refractivity contribution in [2.75, 3.05) is 7.11 Å². The van der Waals surface area contributed by atoms with E-state index in [2.05, 4.69) is 15.3 Å². The highest BCUT2D eigenvalue weighted by molar-refractivity contribution is 5.84. The molecular formula is C23H26N4O5. The van der Waals surface area contributed by atoms with Crippen molar-refractivity contribution in [2.24, 2.45) is 0 Å². The van der Waals surface area contributed by atoms with Gasteiger partial charge in [-0.2, -0.15) is 4.98 Å². The summed E-state index contributed by atoms with van der Waals surface area (Å²) in [5.41, 5.74) is 3.41. The molecule has 0 bridgehead atoms. The molecule has 3 aromatic rings. The van der Waals surface area contributed by atoms with Gasteiger partial charge in [0.05, 0.1) is 25.8 Å². The Kier molecular flexibility index (Phi) is 5.42. The first-order chi connectivity index (χ1) is 15.5. The average Bonchev–Trinajstić information content (AvgIpc) is 3.42. The fourth-order valence-electron chi connectivity index (χ4n) is 4.57. The van der Waals surface area contributed by atoms with Gasteiger partial charge in [-0.25, -0.2) is 4.98 Å². The second-order valence-corrected chi connectivity index (χ2v) is 8.47. The molecule has 2 aliphatic rings. The van der Waals surface area contributed by atoms with Crippen molar-refractivity contribution in [1.29, 1.82) is 0 Å². The van der Waals surface area contributed by atoms with Gasteiger partial charge in [0, 0.05) is 11.8 Å². The van der Waals surface area contributed by atoms with Gasteiger partial charge in [0.15, 0.2) is 5.79 Å². The van der Waals surface area contributed by atoms with Gasteiger partial charge in [0.2, 0.25) is 5.88 Å². The summed E-state index contributed by atoms with van der Waals surface area (Å²) in [4.78, 5) is 20.5. The number of aromatic nitrogens is 3. The summed E-state index contributed by atoms with van der Waals surface area (Å²) in [5, 5.41) is 3.35. The molecule has 2 saturated heterocycles. The maximum Gasteiger partial charge on any atom is 0.241 e. The zero-order chi connectivity index (χ0) is 22.3. The van der Waals surface area contributed by atoms with Gasteiger partial charge in [0.1, 0.15) is 42.6 Å². The highest BCUT2D eigenvalue weighted by Gasteiger charge is 2.54. The van der Waals surface area contributed by atoms with Gasteiger partial charge in [-0.15, -0.1) is 0 Å². The summed E-state index contributed by atoms with van der Waals surface area (Å²) in [7, 11) is 1.58. The van der Waals surface area contributed by atoms with E-state index in [-0.39, 0.29) is 25.0 Å². The van der Waals surface area contributed by atoms with Crippen LogP contribution >= 0.6 is 0 Å². The van der Waals surface area contributed by atoms with E-state index in [4.69, 9.17) is 18.9 Å². The van der Waals surface area contributed by atoms with E-state index in [0.29, 0.717) is 12.5 Å². The highest BCUT2D eigenvalue weighted by atomic mass is 16.8. The maximum atomic E-state index is 11.7. The van der Waals surface area contributed by atoms with Crippen LogP contribution in [0.3, 0.4) is 0 Å². The van der Waals surface area contributed by atoms with Crippen LogP contribution in [0.2, 0.25) is 0 Å². The number of nitrogens with zero attached hydrogens (tertiary/aromatic N) is 3. The van der Waals surface area contributed by atoms with Crippen LogP contribution in [0, 0.1) is 0 Å². The number of aldehydes is 1. The van der Waals surface area contributed by atoms with Crippen LogP contribution in [0.5, 0.6) is 5.88 Å². The number of carbonyl (C=O) groups excluding carboxylic acids is 1. The predicted octanol–water partition coefficient (Wildman–Crippen LogP) is 2.35. The van der Waals surface area contributed by atoms with E-state index in [1.54, 1.807) is 7.11 Å². The third-order valence-corrected chi connectivity index (χ3v) is 5.88. The molecule has 0 spiro atoms. The minimum absolute atomic E-state index is 0.283. The molecule has 4 unspecified atom stereocenters. The predicted molar refractivity (Wildman–Crippen MR) is 115 cm³/mol. The first-order valence-corrected chi connectivity index (χ1v) is 10.6. The van der Waals surface area contributed by atoms with Crippen LogP contribution in [0.1, 0.15) is 31.0 Å². The van der Waals surface area contributed by atoms with Crippen molar-refractivity contribution in [3.63, 3.8) is 0 Å². The number of hydrogen-bond acceptors (Lipinski definition) is 8. The van der Waals surface area contributed by atoms with Gasteiger partial charge >= 0.3 is 0 Å². The van der Waals surface area contributed by atoms with Crippen LogP contribution in [-0.4, -0.2) is 52.0 Å². The Bertz CT molecular complexity index is 1120. The number of ether oxygens (including phenoxy) is 4. The highest BCUT2D eigenvalue weighted by Crippen LogP contribution is 2.43. The molecule has 168 valence electrons. The molecule has 1 N–H and O–H groups in total. The van der Waals surface area contributed by atoms with Gasteiger partial charge in [-0.05, 0) is 19.4 Å². The lowest BCUT2D eigenvalue weighted by atomic mass is 10.0. The minimum Gasteiger partial charge on any atom is -0.479 e. The molecule has 0 saturated carbocycles. The lowest BCUT2D eigenvalue weighted by Gasteiger charge is -2.23. The monoisotopic (exact) mass is 438 g/mol. The van der Waals surface area contributed by atoms with Crippen molar-refractivity contribution < 1.29 is 23.7 Å². The minimum atomic E-state index is -0.763. The van der Waals surface area contributed by atoms with Crippen molar-refractivity contribution in [3.8, 4) is 5.88 Å². The standard InChI is InChI=1S/C23H26N4O5/c1-23(2)31-20-16(10-28)26-18(21(20)32-23)15-9-27(13-30-11-14-7-5-4-6-8-14)19-17(15)24-12-25-22(19)29-3/h4-10,12,16,18,20-21,26H,11,13H2,1-3H3. The maximum absolute atomic E-state index is 11.7. The van der Waals surface area contributed by atoms with Crippen LogP contribution in [-0.2, 0) is 32.3 Å². The van der Waals surface area contributed by atoms with Gasteiger partial charge < -0.3 is 28.3 Å². The molecule has 0 aliphatic carbocycles. The van der Waals surface area contributed by atoms with Gasteiger partial charge in [-0.1, -0.05) is 30.3 Å². The lowest BCUT2D eigenvalue weighted by Crippen LogP contribution is -2.36. The third kappa shape index (κ3) is 3.67. The summed E-state index contributed by atoms with van der Waals surface area (Å²) < 4.78 is 25.6. The number of fused-ring (bicyclic) bond motifs is 2. The van der Waals surface area contributed by atoms with Gasteiger partial charge in [-0.3, -0.25) is 5.32 Å². The molecule has 0 amide bonds. The molecule has 0 radical (unpaired) electrons. The van der Waals surface area contributed by atoms with Crippen molar-refractivity contribution in [3.05, 3.63) is 54.0 Å². The smallest absolute Gasteiger partial charge is 0.241 e. The molecule has 32 heavy (non-hydrogen) atoms. The van der Waals surface area contributed by atoms with Crippen molar-refractivity contribution in [1.82, 2.24) is 19.9 Å². The van der Waals surface area contributed by atoms with Crippen molar-refractivity contribution in [2.45, 2.75) is 57.3 Å². The van der Waals surface area contributed by atoms with E-state index in [1.165, 1.54) is 6.33 Å². The molecule has 2 aliphatic heterocycles. The second kappa shape index (κ2) is 8.25. The number of methoxy groups -OCH3 is 1. The van der Waals surface area contributed by atoms with Crippen LogP contribution < -0.4 is 10.1 Å². The van der Waals surface area contributed by atoms with Crippen LogP contribution in [0.4, 0.5) is 0 Å². The summed E-state index contributed by atoms with van der Waals surface area (Å²) >= 11 is 0. The number of hydrogen-bond donors (Lipinski definition) is 1. The Balaban J connectivity index is 1.49. The van der Waals surface area contributed by atoms with E-state index in [9.17, 15) is 4.79 Å². The van der Waals surface area contributed by atoms with Crippen LogP contribution in [0.15, 0.2) is 42.9 Å². The summed E-state index contributed by atoms with van der Waals surface area (Å²) in [6.45, 7) is 4.47. The molecule has 2 fully saturated rings. The average molecular weight is 438 g/mol. The largest absolute Gasteiger partial charge is 0.479 e. The molecule has 9 nitrogen and oxygen atoms in total. The Morgan fingerprint density at radius 2 is 1.97 bits per heavy atom. The topological polar surface area (TPSA) is 96.7 Å². The summed E-state index contributed by atoms with van der Waals surface area (Å²) in [6, 6.07) is 9.22. The molecule has 1 aromatic carbocycles. The fraction of sp³-hybridized carbons (Fsp3) is 0.435. The number of benzene rings is 1. The third-order valence-electron chi connectivity index (χ3n) is 5.88. The summed E-state index contributed by atoms with van der Waals surface area (Å²) in [5.74, 6) is -0.309. The molecule has 2 aromatic heterocycles. The number of rotatable bonds is 7. The normalized spacial score (nSPS) is 26.3. The van der Waals surface area contributed by atoms with Crippen molar-refractivity contribution >= 4 is 17.3 Å². The lowest BCUT2D eigenvalue weighted by molar-refractivity contribution is -0.157. The molecule has 4 heterocycles. The second-order valence-electron chi connectivity index (χ2n) is 8.47. The Morgan fingerprint density at radius 1 is 1.19 bits per heavy atom. The molecule has 4 atom stereocenters. The zero-order valence-electron chi connectivity index (χ0n) is 18.2. The SMILES string of the molecule is COc1ncnc2c(C3NC(C=O)C4OC(C)(C)OC34)cn(COCc3ccccc3)c12. The number of nitrogens with one attached hydrogen (secondary N) is 1. The van der Waals surface area contributed by atoms with E-state index in [1.807, 2.05) is 54.9 Å². The zero-order valence-corrected chi connectivity index (χ0v) is 18.2. The Labute approximate surface area is 185 Å². The molecule has 9 heteroatoms. The Morgan fingerprint density at radius 3 is 2.72 bits per heavy atom. The molecular weight excluding hydrogens is 412 g/mol. The Hall–Kier alpha value is -2.85. The quantitative estimate of drug-likeness (QED) is 0.562. The van der Waals surface area contributed by atoms with E-state index in [0.717, 1.165) is 28.4 Å². The number of carbonyl (C=O) groups is 1. The fourth-order valence-corrected chi connectivity index (χ4v) is 4.57. The molecule has 5 rings (SSSR count). The first kappa shape index (κ1) is 21.0. The summed E-state index contributed by atoms with van der Waals surface area (Å²) in [6.07, 6.45) is 3.61. The van der Waals surface area contributed by atoms with Gasteiger partial charge in [0.25, 0.3) is 0 Å². The van der Waals surface area contributed by atoms with E-state index >= 15 is 0 Å². The first-order valence-electron chi connectivity index (χ1n) is 10.6. The van der Waals surface area contributed by atoms with E-state index < -0.39 is 11.8 Å². The van der Waals surface area contributed by atoms with Crippen LogP contribution in [0.25, 0.3) is 11.0 Å².